The second kappa shape index (κ2) is 9.46. The van der Waals surface area contributed by atoms with E-state index in [0.29, 0.717) is 24.6 Å². The van der Waals surface area contributed by atoms with Crippen molar-refractivity contribution in [2.24, 2.45) is 0 Å². The lowest BCUT2D eigenvalue weighted by molar-refractivity contribution is -0.117. The van der Waals surface area contributed by atoms with Crippen LogP contribution in [0, 0.1) is 0 Å². The Morgan fingerprint density at radius 1 is 1.04 bits per heavy atom. The van der Waals surface area contributed by atoms with E-state index in [-0.39, 0.29) is 5.91 Å². The molecule has 28 heavy (non-hydrogen) atoms. The number of likely N-dealkylation sites (N-methyl/N-ethyl adjacent to an activating group) is 1. The Balaban J connectivity index is 1.51. The molecule has 0 atom stereocenters. The first-order chi connectivity index (χ1) is 13.6. The SMILES string of the molecule is COc1ccc(CN(C)CC(=O)Nc2ccc(N3CCCC3)cc2)cc1OC. The van der Waals surface area contributed by atoms with E-state index in [1.54, 1.807) is 14.2 Å². The van der Waals surface area contributed by atoms with Crippen LogP contribution in [0.2, 0.25) is 0 Å². The largest absolute Gasteiger partial charge is 0.493 e. The zero-order valence-electron chi connectivity index (χ0n) is 16.9. The number of amides is 1. The average Bonchev–Trinajstić information content (AvgIpc) is 3.23. The summed E-state index contributed by atoms with van der Waals surface area (Å²) in [7, 11) is 5.16. The molecule has 0 bridgehead atoms. The van der Waals surface area contributed by atoms with Crippen LogP contribution in [0.4, 0.5) is 11.4 Å². The number of benzene rings is 2. The third-order valence-corrected chi connectivity index (χ3v) is 4.94. The zero-order chi connectivity index (χ0) is 19.9. The molecule has 2 aromatic carbocycles. The molecular weight excluding hydrogens is 354 g/mol. The molecular formula is C22H29N3O3. The quantitative estimate of drug-likeness (QED) is 0.757. The summed E-state index contributed by atoms with van der Waals surface area (Å²) in [6.45, 7) is 3.18. The van der Waals surface area contributed by atoms with Gasteiger partial charge in [-0.15, -0.1) is 0 Å². The van der Waals surface area contributed by atoms with Crippen LogP contribution >= 0.6 is 0 Å². The minimum Gasteiger partial charge on any atom is -0.493 e. The van der Waals surface area contributed by atoms with E-state index in [4.69, 9.17) is 9.47 Å². The van der Waals surface area contributed by atoms with Crippen LogP contribution in [0.3, 0.4) is 0 Å². The molecule has 0 unspecified atom stereocenters. The first-order valence-corrected chi connectivity index (χ1v) is 9.63. The van der Waals surface area contributed by atoms with Gasteiger partial charge in [-0.05, 0) is 61.9 Å². The topological polar surface area (TPSA) is 54.0 Å². The molecule has 1 N–H and O–H groups in total. The first-order valence-electron chi connectivity index (χ1n) is 9.63. The molecule has 1 amide bonds. The maximum absolute atomic E-state index is 12.4. The molecule has 6 nitrogen and oxygen atoms in total. The molecule has 0 aromatic heterocycles. The molecule has 6 heteroatoms. The summed E-state index contributed by atoms with van der Waals surface area (Å²) in [4.78, 5) is 16.7. The Bertz CT molecular complexity index is 786. The summed E-state index contributed by atoms with van der Waals surface area (Å²) in [5, 5.41) is 2.97. The Morgan fingerprint density at radius 3 is 2.36 bits per heavy atom. The van der Waals surface area contributed by atoms with Gasteiger partial charge < -0.3 is 19.7 Å². The third kappa shape index (κ3) is 5.16. The van der Waals surface area contributed by atoms with Crippen LogP contribution in [0.5, 0.6) is 11.5 Å². The van der Waals surface area contributed by atoms with Gasteiger partial charge in [-0.25, -0.2) is 0 Å². The van der Waals surface area contributed by atoms with Crippen LogP contribution < -0.4 is 19.7 Å². The number of hydrogen-bond donors (Lipinski definition) is 1. The van der Waals surface area contributed by atoms with E-state index in [1.165, 1.54) is 18.5 Å². The molecule has 0 radical (unpaired) electrons. The summed E-state index contributed by atoms with van der Waals surface area (Å²) < 4.78 is 10.6. The Morgan fingerprint density at radius 2 is 1.71 bits per heavy atom. The van der Waals surface area contributed by atoms with Crippen molar-refractivity contribution < 1.29 is 14.3 Å². The van der Waals surface area contributed by atoms with Gasteiger partial charge in [0.2, 0.25) is 5.91 Å². The molecule has 0 saturated carbocycles. The fourth-order valence-electron chi connectivity index (χ4n) is 3.52. The number of nitrogens with zero attached hydrogens (tertiary/aromatic N) is 2. The highest BCUT2D eigenvalue weighted by molar-refractivity contribution is 5.92. The van der Waals surface area contributed by atoms with Crippen molar-refractivity contribution >= 4 is 17.3 Å². The number of hydrogen-bond acceptors (Lipinski definition) is 5. The van der Waals surface area contributed by atoms with Crippen molar-refractivity contribution in [2.45, 2.75) is 19.4 Å². The Labute approximate surface area is 167 Å². The van der Waals surface area contributed by atoms with Crippen molar-refractivity contribution in [3.05, 3.63) is 48.0 Å². The predicted molar refractivity (Wildman–Crippen MR) is 112 cm³/mol. The number of methoxy groups -OCH3 is 2. The smallest absolute Gasteiger partial charge is 0.238 e. The fraction of sp³-hybridized carbons (Fsp3) is 0.409. The third-order valence-electron chi connectivity index (χ3n) is 4.94. The summed E-state index contributed by atoms with van der Waals surface area (Å²) in [6, 6.07) is 13.9. The van der Waals surface area contributed by atoms with Crippen molar-refractivity contribution in [1.29, 1.82) is 0 Å². The van der Waals surface area contributed by atoms with Crippen LogP contribution in [-0.4, -0.2) is 51.7 Å². The molecule has 1 saturated heterocycles. The summed E-state index contributed by atoms with van der Waals surface area (Å²) in [6.07, 6.45) is 2.51. The van der Waals surface area contributed by atoms with E-state index >= 15 is 0 Å². The lowest BCUT2D eigenvalue weighted by atomic mass is 10.2. The number of carbonyl (C=O) groups is 1. The molecule has 0 spiro atoms. The standard InChI is InChI=1S/C22H29N3O3/c1-24(15-17-6-11-20(27-2)21(14-17)28-3)16-22(26)23-18-7-9-19(10-8-18)25-12-4-5-13-25/h6-11,14H,4-5,12-13,15-16H2,1-3H3,(H,23,26). The highest BCUT2D eigenvalue weighted by Crippen LogP contribution is 2.28. The van der Waals surface area contributed by atoms with Crippen molar-refractivity contribution in [1.82, 2.24) is 4.90 Å². The number of anilines is 2. The van der Waals surface area contributed by atoms with Crippen LogP contribution in [0.25, 0.3) is 0 Å². The van der Waals surface area contributed by atoms with Gasteiger partial charge in [0.05, 0.1) is 20.8 Å². The number of rotatable bonds is 8. The maximum Gasteiger partial charge on any atom is 0.238 e. The monoisotopic (exact) mass is 383 g/mol. The van der Waals surface area contributed by atoms with Crippen molar-refractivity contribution in [3.8, 4) is 11.5 Å². The maximum atomic E-state index is 12.4. The van der Waals surface area contributed by atoms with Crippen molar-refractivity contribution in [2.75, 3.05) is 51.1 Å². The predicted octanol–water partition coefficient (Wildman–Crippen LogP) is 3.37. The second-order valence-electron chi connectivity index (χ2n) is 7.15. The molecule has 150 valence electrons. The summed E-state index contributed by atoms with van der Waals surface area (Å²) in [5.41, 5.74) is 3.11. The van der Waals surface area contributed by atoms with E-state index in [0.717, 1.165) is 24.3 Å². The first kappa shape index (κ1) is 20.0. The second-order valence-corrected chi connectivity index (χ2v) is 7.15. The fourth-order valence-corrected chi connectivity index (χ4v) is 3.52. The lowest BCUT2D eigenvalue weighted by Crippen LogP contribution is -2.29. The minimum atomic E-state index is -0.0306. The molecule has 1 aliphatic heterocycles. The molecule has 3 rings (SSSR count). The summed E-state index contributed by atoms with van der Waals surface area (Å²) >= 11 is 0. The van der Waals surface area contributed by atoms with Gasteiger partial charge in [0, 0.05) is 31.0 Å². The van der Waals surface area contributed by atoms with Gasteiger partial charge in [0.1, 0.15) is 0 Å². The average molecular weight is 383 g/mol. The van der Waals surface area contributed by atoms with Gasteiger partial charge in [-0.3, -0.25) is 9.69 Å². The molecule has 1 heterocycles. The van der Waals surface area contributed by atoms with E-state index in [9.17, 15) is 4.79 Å². The Kier molecular flexibility index (Phi) is 6.76. The number of carbonyl (C=O) groups excluding carboxylic acids is 1. The van der Waals surface area contributed by atoms with E-state index in [1.807, 2.05) is 42.3 Å². The highest BCUT2D eigenvalue weighted by Gasteiger charge is 2.13. The molecule has 1 aliphatic rings. The molecule has 0 aliphatic carbocycles. The lowest BCUT2D eigenvalue weighted by Gasteiger charge is -2.19. The molecule has 1 fully saturated rings. The van der Waals surface area contributed by atoms with Gasteiger partial charge in [0.15, 0.2) is 11.5 Å². The van der Waals surface area contributed by atoms with E-state index < -0.39 is 0 Å². The van der Waals surface area contributed by atoms with Gasteiger partial charge in [-0.1, -0.05) is 6.07 Å². The number of nitrogens with one attached hydrogen (secondary N) is 1. The van der Waals surface area contributed by atoms with Gasteiger partial charge >= 0.3 is 0 Å². The van der Waals surface area contributed by atoms with Crippen LogP contribution in [0.1, 0.15) is 18.4 Å². The highest BCUT2D eigenvalue weighted by atomic mass is 16.5. The normalized spacial score (nSPS) is 13.6. The van der Waals surface area contributed by atoms with Crippen LogP contribution in [-0.2, 0) is 11.3 Å². The van der Waals surface area contributed by atoms with Gasteiger partial charge in [-0.2, -0.15) is 0 Å². The van der Waals surface area contributed by atoms with Gasteiger partial charge in [0.25, 0.3) is 0 Å². The van der Waals surface area contributed by atoms with E-state index in [2.05, 4.69) is 22.3 Å². The number of ether oxygens (including phenoxy) is 2. The Hall–Kier alpha value is -2.73. The zero-order valence-corrected chi connectivity index (χ0v) is 16.9. The van der Waals surface area contributed by atoms with Crippen LogP contribution in [0.15, 0.2) is 42.5 Å². The molecule has 2 aromatic rings. The van der Waals surface area contributed by atoms with Crippen molar-refractivity contribution in [3.63, 3.8) is 0 Å². The minimum absolute atomic E-state index is 0.0306. The summed E-state index contributed by atoms with van der Waals surface area (Å²) in [5.74, 6) is 1.36.